The van der Waals surface area contributed by atoms with Gasteiger partial charge in [-0.15, -0.1) is 0 Å². The summed E-state index contributed by atoms with van der Waals surface area (Å²) < 4.78 is 10.5. The zero-order valence-corrected chi connectivity index (χ0v) is 10.8. The minimum absolute atomic E-state index is 0.156. The summed E-state index contributed by atoms with van der Waals surface area (Å²) in [5.74, 6) is 0.692. The first-order chi connectivity index (χ1) is 9.25. The quantitative estimate of drug-likeness (QED) is 0.795. The van der Waals surface area contributed by atoms with E-state index >= 15 is 0 Å². The van der Waals surface area contributed by atoms with E-state index in [2.05, 4.69) is 5.16 Å². The molecule has 1 aliphatic carbocycles. The molecule has 6 heteroatoms. The van der Waals surface area contributed by atoms with Crippen LogP contribution in [0.15, 0.2) is 4.52 Å². The van der Waals surface area contributed by atoms with E-state index in [0.717, 1.165) is 37.0 Å². The third-order valence-corrected chi connectivity index (χ3v) is 3.69. The molecule has 0 bridgehead atoms. The summed E-state index contributed by atoms with van der Waals surface area (Å²) in [7, 11) is 0. The second kappa shape index (κ2) is 5.30. The number of aliphatic hydroxyl groups excluding tert-OH is 1. The summed E-state index contributed by atoms with van der Waals surface area (Å²) in [5, 5.41) is 13.6. The fourth-order valence-corrected chi connectivity index (χ4v) is 2.68. The molecular formula is C13H18N2O4. The van der Waals surface area contributed by atoms with Crippen LogP contribution in [0.4, 0.5) is 0 Å². The van der Waals surface area contributed by atoms with Gasteiger partial charge in [0.1, 0.15) is 5.76 Å². The van der Waals surface area contributed by atoms with Crippen molar-refractivity contribution in [3.8, 4) is 0 Å². The Morgan fingerprint density at radius 2 is 2.21 bits per heavy atom. The van der Waals surface area contributed by atoms with Crippen LogP contribution >= 0.6 is 0 Å². The molecule has 6 nitrogen and oxygen atoms in total. The van der Waals surface area contributed by atoms with Crippen molar-refractivity contribution in [2.45, 2.75) is 31.8 Å². The second-order valence-electron chi connectivity index (χ2n) is 5.12. The van der Waals surface area contributed by atoms with Crippen LogP contribution in [-0.4, -0.2) is 53.5 Å². The van der Waals surface area contributed by atoms with Crippen LogP contribution in [0.5, 0.6) is 0 Å². The van der Waals surface area contributed by atoms with Crippen molar-refractivity contribution < 1.29 is 19.2 Å². The van der Waals surface area contributed by atoms with Crippen molar-refractivity contribution >= 4 is 5.91 Å². The maximum Gasteiger partial charge on any atom is 0.276 e. The molecular weight excluding hydrogens is 248 g/mol. The minimum atomic E-state index is -0.630. The van der Waals surface area contributed by atoms with E-state index < -0.39 is 6.10 Å². The van der Waals surface area contributed by atoms with Gasteiger partial charge in [0, 0.05) is 25.1 Å². The Morgan fingerprint density at radius 3 is 3.11 bits per heavy atom. The van der Waals surface area contributed by atoms with Crippen molar-refractivity contribution in [3.05, 3.63) is 17.0 Å². The highest BCUT2D eigenvalue weighted by molar-refractivity contribution is 5.94. The lowest BCUT2D eigenvalue weighted by Gasteiger charge is -2.20. The predicted octanol–water partition coefficient (Wildman–Crippen LogP) is 0.387. The molecule has 0 saturated carbocycles. The monoisotopic (exact) mass is 266 g/mol. The van der Waals surface area contributed by atoms with E-state index in [1.54, 1.807) is 4.90 Å². The maximum absolute atomic E-state index is 12.5. The summed E-state index contributed by atoms with van der Waals surface area (Å²) in [6, 6.07) is 0. The third-order valence-electron chi connectivity index (χ3n) is 3.69. The smallest absolute Gasteiger partial charge is 0.276 e. The van der Waals surface area contributed by atoms with Gasteiger partial charge in [0.15, 0.2) is 5.69 Å². The number of carbonyl (C=O) groups excluding carboxylic acids is 1. The molecule has 1 aromatic heterocycles. The molecule has 104 valence electrons. The summed E-state index contributed by atoms with van der Waals surface area (Å²) >= 11 is 0. The van der Waals surface area contributed by atoms with Crippen molar-refractivity contribution in [1.29, 1.82) is 0 Å². The first-order valence-electron chi connectivity index (χ1n) is 6.78. The number of hydrogen-bond donors (Lipinski definition) is 1. The number of rotatable bonds is 1. The molecule has 1 amide bonds. The summed E-state index contributed by atoms with van der Waals surface area (Å²) in [5.41, 5.74) is 1.37. The number of aryl methyl sites for hydroxylation is 1. The van der Waals surface area contributed by atoms with Crippen molar-refractivity contribution in [2.75, 3.05) is 26.3 Å². The van der Waals surface area contributed by atoms with Gasteiger partial charge in [0.2, 0.25) is 0 Å². The number of amides is 1. The van der Waals surface area contributed by atoms with E-state index in [-0.39, 0.29) is 12.5 Å². The number of β-amino-alcohol motifs (C(OH)–C–C–N with tert-alkyl or cyclic N) is 1. The van der Waals surface area contributed by atoms with Crippen LogP contribution in [-0.2, 0) is 17.6 Å². The zero-order valence-electron chi connectivity index (χ0n) is 10.8. The van der Waals surface area contributed by atoms with Gasteiger partial charge < -0.3 is 19.3 Å². The summed E-state index contributed by atoms with van der Waals surface area (Å²) in [6.07, 6.45) is 3.25. The van der Waals surface area contributed by atoms with Gasteiger partial charge in [-0.2, -0.15) is 0 Å². The normalized spacial score (nSPS) is 23.8. The highest BCUT2D eigenvalue weighted by Gasteiger charge is 2.29. The maximum atomic E-state index is 12.5. The largest absolute Gasteiger partial charge is 0.389 e. The van der Waals surface area contributed by atoms with E-state index in [1.807, 2.05) is 0 Å². The topological polar surface area (TPSA) is 75.8 Å². The van der Waals surface area contributed by atoms with Gasteiger partial charge in [-0.3, -0.25) is 4.79 Å². The molecule has 1 N–H and O–H groups in total. The Labute approximate surface area is 111 Å². The SMILES string of the molecule is O=C(c1noc2c1CCCC2)N1CCOCC(O)C1. The molecule has 19 heavy (non-hydrogen) atoms. The molecule has 3 rings (SSSR count). The van der Waals surface area contributed by atoms with Gasteiger partial charge in [0.25, 0.3) is 5.91 Å². The van der Waals surface area contributed by atoms with Crippen molar-refractivity contribution in [1.82, 2.24) is 10.1 Å². The highest BCUT2D eigenvalue weighted by Crippen LogP contribution is 2.25. The van der Waals surface area contributed by atoms with E-state index in [9.17, 15) is 9.90 Å². The number of nitrogens with zero attached hydrogens (tertiary/aromatic N) is 2. The standard InChI is InChI=1S/C13H18N2O4/c16-9-7-15(5-6-18-8-9)13(17)12-10-3-1-2-4-11(10)19-14-12/h9,16H,1-8H2. The fourth-order valence-electron chi connectivity index (χ4n) is 2.68. The van der Waals surface area contributed by atoms with E-state index in [1.165, 1.54) is 0 Å². The fraction of sp³-hybridized carbons (Fsp3) is 0.692. The molecule has 1 unspecified atom stereocenters. The van der Waals surface area contributed by atoms with Crippen LogP contribution in [0.25, 0.3) is 0 Å². The van der Waals surface area contributed by atoms with Crippen LogP contribution in [0.3, 0.4) is 0 Å². The average molecular weight is 266 g/mol. The minimum Gasteiger partial charge on any atom is -0.389 e. The molecule has 0 spiro atoms. The van der Waals surface area contributed by atoms with Crippen LogP contribution in [0, 0.1) is 0 Å². The lowest BCUT2D eigenvalue weighted by molar-refractivity contribution is 0.0531. The molecule has 1 atom stereocenters. The molecule has 0 radical (unpaired) electrons. The predicted molar refractivity (Wildman–Crippen MR) is 65.9 cm³/mol. The number of aliphatic hydroxyl groups is 1. The second-order valence-corrected chi connectivity index (χ2v) is 5.12. The summed E-state index contributed by atoms with van der Waals surface area (Å²) in [6.45, 7) is 1.50. The van der Waals surface area contributed by atoms with Crippen LogP contribution < -0.4 is 0 Å². The average Bonchev–Trinajstić information content (AvgIpc) is 2.73. The molecule has 2 heterocycles. The Bertz CT molecular complexity index is 471. The Balaban J connectivity index is 1.81. The Hall–Kier alpha value is -1.40. The van der Waals surface area contributed by atoms with Gasteiger partial charge in [0.05, 0.1) is 19.3 Å². The molecule has 2 aliphatic rings. The summed E-state index contributed by atoms with van der Waals surface area (Å²) in [4.78, 5) is 14.1. The number of fused-ring (bicyclic) bond motifs is 1. The number of hydrogen-bond acceptors (Lipinski definition) is 5. The van der Waals surface area contributed by atoms with Crippen molar-refractivity contribution in [2.24, 2.45) is 0 Å². The molecule has 1 aromatic rings. The van der Waals surface area contributed by atoms with E-state index in [4.69, 9.17) is 9.26 Å². The zero-order chi connectivity index (χ0) is 13.2. The van der Waals surface area contributed by atoms with Gasteiger partial charge >= 0.3 is 0 Å². The highest BCUT2D eigenvalue weighted by atomic mass is 16.5. The molecule has 0 aromatic carbocycles. The number of aromatic nitrogens is 1. The van der Waals surface area contributed by atoms with Gasteiger partial charge in [-0.25, -0.2) is 0 Å². The Morgan fingerprint density at radius 1 is 1.37 bits per heavy atom. The first kappa shape index (κ1) is 12.6. The van der Waals surface area contributed by atoms with Gasteiger partial charge in [-0.05, 0) is 19.3 Å². The molecule has 1 fully saturated rings. The first-order valence-corrected chi connectivity index (χ1v) is 6.78. The lowest BCUT2D eigenvalue weighted by Crippen LogP contribution is -2.38. The lowest BCUT2D eigenvalue weighted by atomic mass is 9.96. The van der Waals surface area contributed by atoms with Crippen LogP contribution in [0.1, 0.15) is 34.7 Å². The van der Waals surface area contributed by atoms with Crippen molar-refractivity contribution in [3.63, 3.8) is 0 Å². The Kier molecular flexibility index (Phi) is 3.52. The van der Waals surface area contributed by atoms with Gasteiger partial charge in [-0.1, -0.05) is 5.16 Å². The molecule has 1 aliphatic heterocycles. The number of carbonyl (C=O) groups is 1. The number of ether oxygens (including phenoxy) is 1. The van der Waals surface area contributed by atoms with E-state index in [0.29, 0.717) is 25.4 Å². The van der Waals surface area contributed by atoms with Crippen LogP contribution in [0.2, 0.25) is 0 Å². The molecule has 1 saturated heterocycles. The third kappa shape index (κ3) is 2.50.